The standard InChI is InChI=1S/C43H53N7O7S/c1-26-36(58-25-46-26)28-18-16-27(17-19-28)24-45-38(53)31-14-11-23-49(31)42(57)37(43(2,3)4)47-33(51)15-8-6-5-7-9-22-44-30-13-10-12-29-35(30)41(56)50(40(29)55)32-20-21-34(52)48-39(32)54/h10,12-13,16-19,25,31-32,37,44H,5-9,11,14-15,20-24H2,1-4H3,(H,45,53)(H,47,51)(H,48,52,54)/t31?,32?,37-/m1/s1. The van der Waals surface area contributed by atoms with Gasteiger partial charge in [0, 0.05) is 38.2 Å². The van der Waals surface area contributed by atoms with Crippen molar-refractivity contribution in [2.24, 2.45) is 5.41 Å². The molecule has 0 aliphatic carbocycles. The second kappa shape index (κ2) is 18.4. The van der Waals surface area contributed by atoms with E-state index in [4.69, 9.17) is 0 Å². The summed E-state index contributed by atoms with van der Waals surface area (Å²) in [6.45, 7) is 9.09. The Morgan fingerprint density at radius 1 is 0.948 bits per heavy atom. The molecular formula is C43H53N7O7S. The fourth-order valence-electron chi connectivity index (χ4n) is 7.84. The van der Waals surface area contributed by atoms with Crippen LogP contribution < -0.4 is 21.3 Å². The third kappa shape index (κ3) is 9.63. The number of thiazole rings is 1. The Bertz CT molecular complexity index is 2060. The van der Waals surface area contributed by atoms with Crippen molar-refractivity contribution in [1.29, 1.82) is 0 Å². The number of aryl methyl sites for hydroxylation is 1. The number of imide groups is 2. The van der Waals surface area contributed by atoms with Gasteiger partial charge >= 0.3 is 0 Å². The largest absolute Gasteiger partial charge is 0.384 e. The van der Waals surface area contributed by atoms with Gasteiger partial charge in [0.1, 0.15) is 18.1 Å². The lowest BCUT2D eigenvalue weighted by Crippen LogP contribution is -2.57. The van der Waals surface area contributed by atoms with Crippen molar-refractivity contribution in [1.82, 2.24) is 30.7 Å². The summed E-state index contributed by atoms with van der Waals surface area (Å²) in [5.74, 6) is -2.79. The molecule has 0 saturated carbocycles. The highest BCUT2D eigenvalue weighted by molar-refractivity contribution is 7.13. The number of carbonyl (C=O) groups excluding carboxylic acids is 7. The number of nitrogens with one attached hydrogen (secondary N) is 4. The van der Waals surface area contributed by atoms with Gasteiger partial charge in [0.25, 0.3) is 11.8 Å². The molecule has 1 aromatic heterocycles. The molecule has 14 nitrogen and oxygen atoms in total. The summed E-state index contributed by atoms with van der Waals surface area (Å²) >= 11 is 1.59. The number of benzene rings is 2. The lowest BCUT2D eigenvalue weighted by molar-refractivity contribution is -0.144. The Hall–Kier alpha value is -5.44. The van der Waals surface area contributed by atoms with E-state index < -0.39 is 47.2 Å². The molecule has 2 fully saturated rings. The normalized spacial score (nSPS) is 18.6. The van der Waals surface area contributed by atoms with E-state index in [1.807, 2.05) is 57.5 Å². The van der Waals surface area contributed by atoms with Gasteiger partial charge in [-0.1, -0.05) is 70.4 Å². The van der Waals surface area contributed by atoms with E-state index in [2.05, 4.69) is 26.3 Å². The summed E-state index contributed by atoms with van der Waals surface area (Å²) < 4.78 is 0. The van der Waals surface area contributed by atoms with Crippen LogP contribution in [0.25, 0.3) is 10.4 Å². The maximum atomic E-state index is 13.9. The molecule has 2 unspecified atom stereocenters. The molecule has 6 rings (SSSR count). The molecule has 58 heavy (non-hydrogen) atoms. The lowest BCUT2D eigenvalue weighted by Gasteiger charge is -2.35. The topological polar surface area (TPSA) is 187 Å². The smallest absolute Gasteiger partial charge is 0.264 e. The molecule has 0 spiro atoms. The van der Waals surface area contributed by atoms with Crippen LogP contribution in [-0.4, -0.2) is 87.3 Å². The Balaban J connectivity index is 0.911. The van der Waals surface area contributed by atoms with Gasteiger partial charge in [0.05, 0.1) is 27.2 Å². The molecule has 2 aromatic carbocycles. The maximum absolute atomic E-state index is 13.9. The first-order valence-electron chi connectivity index (χ1n) is 20.2. The Kier molecular flexibility index (Phi) is 13.4. The molecule has 2 saturated heterocycles. The minimum absolute atomic E-state index is 0.0599. The maximum Gasteiger partial charge on any atom is 0.264 e. The van der Waals surface area contributed by atoms with Crippen molar-refractivity contribution in [3.63, 3.8) is 0 Å². The molecule has 3 aliphatic heterocycles. The number of nitrogens with zero attached hydrogens (tertiary/aromatic N) is 3. The van der Waals surface area contributed by atoms with Gasteiger partial charge in [-0.25, -0.2) is 4.98 Å². The fraction of sp³-hybridized carbons (Fsp3) is 0.488. The number of likely N-dealkylation sites (tertiary alicyclic amines) is 1. The average Bonchev–Trinajstić information content (AvgIpc) is 3.92. The Morgan fingerprint density at radius 3 is 2.40 bits per heavy atom. The van der Waals surface area contributed by atoms with E-state index in [0.717, 1.165) is 52.3 Å². The van der Waals surface area contributed by atoms with E-state index in [0.29, 0.717) is 44.6 Å². The molecule has 4 heterocycles. The van der Waals surface area contributed by atoms with Crippen LogP contribution >= 0.6 is 11.3 Å². The van der Waals surface area contributed by atoms with E-state index in [1.54, 1.807) is 34.4 Å². The van der Waals surface area contributed by atoms with Crippen molar-refractivity contribution in [3.05, 3.63) is 70.4 Å². The van der Waals surface area contributed by atoms with Crippen LogP contribution in [0, 0.1) is 12.3 Å². The van der Waals surface area contributed by atoms with Gasteiger partial charge < -0.3 is 20.9 Å². The first kappa shape index (κ1) is 42.2. The third-order valence-corrected chi connectivity index (χ3v) is 12.0. The Morgan fingerprint density at radius 2 is 1.69 bits per heavy atom. The van der Waals surface area contributed by atoms with E-state index >= 15 is 0 Å². The molecular weight excluding hydrogens is 759 g/mol. The zero-order chi connectivity index (χ0) is 41.6. The summed E-state index contributed by atoms with van der Waals surface area (Å²) in [7, 11) is 0. The van der Waals surface area contributed by atoms with Crippen LogP contribution in [0.15, 0.2) is 48.0 Å². The van der Waals surface area contributed by atoms with Crippen LogP contribution in [0.4, 0.5) is 5.69 Å². The lowest BCUT2D eigenvalue weighted by atomic mass is 9.85. The van der Waals surface area contributed by atoms with Gasteiger partial charge in [-0.05, 0) is 67.7 Å². The number of fused-ring (bicyclic) bond motifs is 1. The van der Waals surface area contributed by atoms with Gasteiger partial charge in [0.2, 0.25) is 29.5 Å². The number of anilines is 1. The first-order valence-corrected chi connectivity index (χ1v) is 21.1. The zero-order valence-corrected chi connectivity index (χ0v) is 34.5. The zero-order valence-electron chi connectivity index (χ0n) is 33.7. The summed E-state index contributed by atoms with van der Waals surface area (Å²) in [5, 5.41) is 11.5. The summed E-state index contributed by atoms with van der Waals surface area (Å²) in [6, 6.07) is 10.6. The molecule has 15 heteroatoms. The van der Waals surface area contributed by atoms with Crippen LogP contribution in [0.5, 0.6) is 0 Å². The quantitative estimate of drug-likeness (QED) is 0.113. The highest BCUT2D eigenvalue weighted by atomic mass is 32.1. The molecule has 3 aromatic rings. The minimum atomic E-state index is -1.02. The average molecular weight is 812 g/mol. The fourth-order valence-corrected chi connectivity index (χ4v) is 8.65. The predicted octanol–water partition coefficient (Wildman–Crippen LogP) is 5.11. The van der Waals surface area contributed by atoms with Crippen LogP contribution in [0.2, 0.25) is 0 Å². The van der Waals surface area contributed by atoms with Gasteiger partial charge in [-0.3, -0.25) is 43.8 Å². The predicted molar refractivity (Wildman–Crippen MR) is 220 cm³/mol. The highest BCUT2D eigenvalue weighted by Crippen LogP contribution is 2.33. The highest BCUT2D eigenvalue weighted by Gasteiger charge is 2.46. The van der Waals surface area contributed by atoms with Crippen LogP contribution in [0.1, 0.15) is 117 Å². The molecule has 3 aliphatic rings. The van der Waals surface area contributed by atoms with Gasteiger partial charge in [-0.15, -0.1) is 11.3 Å². The second-order valence-electron chi connectivity index (χ2n) is 16.4. The van der Waals surface area contributed by atoms with Crippen molar-refractivity contribution >= 4 is 58.4 Å². The number of piperidine rings is 1. The van der Waals surface area contributed by atoms with Gasteiger partial charge in [0.15, 0.2) is 0 Å². The number of amides is 7. The minimum Gasteiger partial charge on any atom is -0.384 e. The summed E-state index contributed by atoms with van der Waals surface area (Å²) in [5.41, 5.74) is 5.28. The SMILES string of the molecule is Cc1ncsc1-c1ccc(CNC(=O)C2CCCN2C(=O)[C@@H](NC(=O)CCCCCCCNc2cccc3c2C(=O)N(C2CCC(=O)NC2=O)C3=O)C(C)(C)C)cc1. The van der Waals surface area contributed by atoms with E-state index in [1.165, 1.54) is 0 Å². The summed E-state index contributed by atoms with van der Waals surface area (Å²) in [6.07, 6.45) is 5.73. The van der Waals surface area contributed by atoms with Crippen molar-refractivity contribution in [2.45, 2.75) is 117 Å². The molecule has 308 valence electrons. The van der Waals surface area contributed by atoms with Crippen molar-refractivity contribution < 1.29 is 33.6 Å². The second-order valence-corrected chi connectivity index (χ2v) is 17.2. The number of rotatable bonds is 16. The number of unbranched alkanes of at least 4 members (excludes halogenated alkanes) is 4. The number of hydrogen-bond acceptors (Lipinski definition) is 10. The Labute approximate surface area is 342 Å². The number of aromatic nitrogens is 1. The van der Waals surface area contributed by atoms with E-state index in [-0.39, 0.29) is 48.1 Å². The first-order chi connectivity index (χ1) is 27.7. The molecule has 3 atom stereocenters. The molecule has 4 N–H and O–H groups in total. The molecule has 7 amide bonds. The molecule has 0 bridgehead atoms. The van der Waals surface area contributed by atoms with Crippen LogP contribution in [-0.2, 0) is 30.5 Å². The third-order valence-electron chi connectivity index (χ3n) is 11.0. The monoisotopic (exact) mass is 811 g/mol. The number of carbonyl (C=O) groups is 7. The van der Waals surface area contributed by atoms with Crippen LogP contribution in [0.3, 0.4) is 0 Å². The summed E-state index contributed by atoms with van der Waals surface area (Å²) in [4.78, 5) is 98.9. The number of hydrogen-bond donors (Lipinski definition) is 4. The van der Waals surface area contributed by atoms with Crippen molar-refractivity contribution in [2.75, 3.05) is 18.4 Å². The van der Waals surface area contributed by atoms with Gasteiger partial charge in [-0.2, -0.15) is 0 Å². The molecule has 0 radical (unpaired) electrons. The van der Waals surface area contributed by atoms with E-state index in [9.17, 15) is 33.6 Å². The van der Waals surface area contributed by atoms with Crippen molar-refractivity contribution in [3.8, 4) is 10.4 Å².